The first kappa shape index (κ1) is 10.9. The van der Waals surface area contributed by atoms with Crippen LogP contribution >= 0.6 is 0 Å². The van der Waals surface area contributed by atoms with Crippen LogP contribution in [0.15, 0.2) is 18.2 Å². The van der Waals surface area contributed by atoms with Crippen LogP contribution in [0.2, 0.25) is 0 Å². The lowest BCUT2D eigenvalue weighted by Gasteiger charge is -2.08. The summed E-state index contributed by atoms with van der Waals surface area (Å²) < 4.78 is 13.5. The van der Waals surface area contributed by atoms with Gasteiger partial charge in [0.05, 0.1) is 16.7 Å². The van der Waals surface area contributed by atoms with Gasteiger partial charge in [0.25, 0.3) is 5.69 Å². The number of rotatable bonds is 3. The summed E-state index contributed by atoms with van der Waals surface area (Å²) in [7, 11) is 0. The summed E-state index contributed by atoms with van der Waals surface area (Å²) in [6.45, 7) is 4.18. The summed E-state index contributed by atoms with van der Waals surface area (Å²) in [5, 5.41) is 13.5. The van der Waals surface area contributed by atoms with Crippen LogP contribution in [0.4, 0.5) is 15.8 Å². The third-order valence-corrected chi connectivity index (χ3v) is 3.01. The Morgan fingerprint density at radius 1 is 1.56 bits per heavy atom. The van der Waals surface area contributed by atoms with E-state index in [1.165, 1.54) is 12.1 Å². The highest BCUT2D eigenvalue weighted by Gasteiger charge is 2.45. The number of nitrogens with one attached hydrogen (secondary N) is 1. The first-order chi connectivity index (χ1) is 7.40. The van der Waals surface area contributed by atoms with Crippen molar-refractivity contribution in [1.29, 1.82) is 0 Å². The first-order valence-electron chi connectivity index (χ1n) is 5.10. The molecule has 5 heteroatoms. The SMILES string of the molecule is CC1(C)CC1Nc1ccc([N+](=O)[O-])cc1F. The van der Waals surface area contributed by atoms with E-state index in [0.717, 1.165) is 12.5 Å². The third kappa shape index (κ3) is 1.98. The van der Waals surface area contributed by atoms with E-state index in [4.69, 9.17) is 0 Å². The Kier molecular flexibility index (Phi) is 2.33. The van der Waals surface area contributed by atoms with Crippen LogP contribution in [0.3, 0.4) is 0 Å². The molecule has 1 N–H and O–H groups in total. The lowest BCUT2D eigenvalue weighted by Crippen LogP contribution is -2.09. The Labute approximate surface area is 92.6 Å². The second-order valence-corrected chi connectivity index (χ2v) is 4.81. The number of hydrogen-bond donors (Lipinski definition) is 1. The average molecular weight is 224 g/mol. The molecule has 16 heavy (non-hydrogen) atoms. The second kappa shape index (κ2) is 3.43. The van der Waals surface area contributed by atoms with E-state index in [1.807, 2.05) is 0 Å². The molecule has 1 unspecified atom stereocenters. The molecule has 1 aromatic carbocycles. The van der Waals surface area contributed by atoms with Gasteiger partial charge in [-0.25, -0.2) is 4.39 Å². The lowest BCUT2D eigenvalue weighted by molar-refractivity contribution is -0.385. The topological polar surface area (TPSA) is 55.2 Å². The number of nitro benzene ring substituents is 1. The number of benzene rings is 1. The summed E-state index contributed by atoms with van der Waals surface area (Å²) >= 11 is 0. The van der Waals surface area contributed by atoms with Gasteiger partial charge in [-0.15, -0.1) is 0 Å². The zero-order valence-electron chi connectivity index (χ0n) is 9.16. The Balaban J connectivity index is 2.14. The van der Waals surface area contributed by atoms with Crippen molar-refractivity contribution in [3.05, 3.63) is 34.1 Å². The molecule has 0 aromatic heterocycles. The third-order valence-electron chi connectivity index (χ3n) is 3.01. The predicted molar refractivity (Wildman–Crippen MR) is 58.9 cm³/mol. The van der Waals surface area contributed by atoms with E-state index < -0.39 is 10.7 Å². The minimum Gasteiger partial charge on any atom is -0.379 e. The van der Waals surface area contributed by atoms with Crippen molar-refractivity contribution in [3.63, 3.8) is 0 Å². The minimum atomic E-state index is -0.603. The van der Waals surface area contributed by atoms with Crippen molar-refractivity contribution in [1.82, 2.24) is 0 Å². The summed E-state index contributed by atoms with van der Waals surface area (Å²) in [4.78, 5) is 9.82. The maximum Gasteiger partial charge on any atom is 0.272 e. The highest BCUT2D eigenvalue weighted by atomic mass is 19.1. The van der Waals surface area contributed by atoms with Crippen LogP contribution in [0.1, 0.15) is 20.3 Å². The molecule has 0 heterocycles. The number of hydrogen-bond acceptors (Lipinski definition) is 3. The Morgan fingerprint density at radius 2 is 2.19 bits per heavy atom. The molecule has 1 aliphatic rings. The van der Waals surface area contributed by atoms with Gasteiger partial charge >= 0.3 is 0 Å². The van der Waals surface area contributed by atoms with Gasteiger partial charge in [-0.2, -0.15) is 0 Å². The van der Waals surface area contributed by atoms with Gasteiger partial charge in [0.2, 0.25) is 0 Å². The average Bonchev–Trinajstić information content (AvgIpc) is 2.77. The number of anilines is 1. The highest BCUT2D eigenvalue weighted by Crippen LogP contribution is 2.46. The summed E-state index contributed by atoms with van der Waals surface area (Å²) in [6.07, 6.45) is 0.990. The maximum absolute atomic E-state index is 13.5. The molecular formula is C11H13FN2O2. The zero-order chi connectivity index (χ0) is 11.9. The predicted octanol–water partition coefficient (Wildman–Crippen LogP) is 2.94. The molecular weight excluding hydrogens is 211 g/mol. The Morgan fingerprint density at radius 3 is 2.62 bits per heavy atom. The maximum atomic E-state index is 13.5. The molecule has 0 radical (unpaired) electrons. The molecule has 0 amide bonds. The molecule has 0 saturated heterocycles. The molecule has 1 aromatic rings. The number of halogens is 1. The van der Waals surface area contributed by atoms with Crippen molar-refractivity contribution in [2.75, 3.05) is 5.32 Å². The van der Waals surface area contributed by atoms with E-state index in [0.29, 0.717) is 5.69 Å². The molecule has 86 valence electrons. The van der Waals surface area contributed by atoms with Crippen LogP contribution < -0.4 is 5.32 Å². The van der Waals surface area contributed by atoms with Crippen LogP contribution in [0, 0.1) is 21.3 Å². The van der Waals surface area contributed by atoms with E-state index in [2.05, 4.69) is 19.2 Å². The summed E-state index contributed by atoms with van der Waals surface area (Å²) in [5.74, 6) is -0.572. The van der Waals surface area contributed by atoms with Gasteiger partial charge in [0.15, 0.2) is 5.82 Å². The van der Waals surface area contributed by atoms with Crippen molar-refractivity contribution in [3.8, 4) is 0 Å². The molecule has 1 atom stereocenters. The second-order valence-electron chi connectivity index (χ2n) is 4.81. The van der Waals surface area contributed by atoms with E-state index in [9.17, 15) is 14.5 Å². The molecule has 4 nitrogen and oxygen atoms in total. The van der Waals surface area contributed by atoms with E-state index in [1.54, 1.807) is 0 Å². The summed E-state index contributed by atoms with van der Waals surface area (Å²) in [5.41, 5.74) is 0.299. The minimum absolute atomic E-state index is 0.189. The molecule has 1 saturated carbocycles. The van der Waals surface area contributed by atoms with Gasteiger partial charge in [0, 0.05) is 12.1 Å². The zero-order valence-corrected chi connectivity index (χ0v) is 9.16. The molecule has 2 rings (SSSR count). The van der Waals surface area contributed by atoms with Crippen molar-refractivity contribution in [2.45, 2.75) is 26.3 Å². The fraction of sp³-hybridized carbons (Fsp3) is 0.455. The molecule has 0 aliphatic heterocycles. The lowest BCUT2D eigenvalue weighted by atomic mass is 10.2. The van der Waals surface area contributed by atoms with Gasteiger partial charge < -0.3 is 5.32 Å². The Bertz CT molecular complexity index is 446. The first-order valence-corrected chi connectivity index (χ1v) is 5.10. The Hall–Kier alpha value is -1.65. The highest BCUT2D eigenvalue weighted by molar-refractivity contribution is 5.52. The molecule has 0 bridgehead atoms. The smallest absolute Gasteiger partial charge is 0.272 e. The van der Waals surface area contributed by atoms with Crippen LogP contribution in [0.5, 0.6) is 0 Å². The van der Waals surface area contributed by atoms with E-state index >= 15 is 0 Å². The van der Waals surface area contributed by atoms with Crippen LogP contribution in [-0.4, -0.2) is 11.0 Å². The van der Waals surface area contributed by atoms with Gasteiger partial charge in [-0.1, -0.05) is 13.8 Å². The van der Waals surface area contributed by atoms with Gasteiger partial charge in [-0.05, 0) is 17.9 Å². The van der Waals surface area contributed by atoms with Crippen LogP contribution in [-0.2, 0) is 0 Å². The standard InChI is InChI=1S/C11H13FN2O2/c1-11(2)6-10(11)13-9-4-3-7(14(15)16)5-8(9)12/h3-5,10,13H,6H2,1-2H3. The van der Waals surface area contributed by atoms with Gasteiger partial charge in [-0.3, -0.25) is 10.1 Å². The van der Waals surface area contributed by atoms with E-state index in [-0.39, 0.29) is 17.1 Å². The molecule has 1 fully saturated rings. The fourth-order valence-corrected chi connectivity index (χ4v) is 1.64. The molecule has 0 spiro atoms. The normalized spacial score (nSPS) is 21.6. The monoisotopic (exact) mass is 224 g/mol. The van der Waals surface area contributed by atoms with Crippen LogP contribution in [0.25, 0.3) is 0 Å². The number of nitrogens with zero attached hydrogens (tertiary/aromatic N) is 1. The van der Waals surface area contributed by atoms with Gasteiger partial charge in [0.1, 0.15) is 0 Å². The van der Waals surface area contributed by atoms with Crippen molar-refractivity contribution in [2.24, 2.45) is 5.41 Å². The molecule has 1 aliphatic carbocycles. The number of nitro groups is 1. The summed E-state index contributed by atoms with van der Waals surface area (Å²) in [6, 6.07) is 3.92. The van der Waals surface area contributed by atoms with Crippen molar-refractivity contribution < 1.29 is 9.31 Å². The van der Waals surface area contributed by atoms with Crippen molar-refractivity contribution >= 4 is 11.4 Å². The largest absolute Gasteiger partial charge is 0.379 e. The quantitative estimate of drug-likeness (QED) is 0.634. The fourth-order valence-electron chi connectivity index (χ4n) is 1.64. The number of non-ortho nitro benzene ring substituents is 1.